The molecule has 0 bridgehead atoms. The van der Waals surface area contributed by atoms with Gasteiger partial charge in [0.05, 0.1) is 19.3 Å². The maximum Gasteiger partial charge on any atom is 0.333 e. The molecular weight excluding hydrogens is 336 g/mol. The summed E-state index contributed by atoms with van der Waals surface area (Å²) in [5.74, 6) is -0.922. The van der Waals surface area contributed by atoms with E-state index in [0.717, 1.165) is 6.42 Å². The van der Waals surface area contributed by atoms with Crippen LogP contribution in [-0.4, -0.2) is 37.2 Å². The van der Waals surface area contributed by atoms with Crippen molar-refractivity contribution in [2.24, 2.45) is 0 Å². The predicted molar refractivity (Wildman–Crippen MR) is 104 cm³/mol. The molecule has 0 aliphatic heterocycles. The predicted octanol–water partition coefficient (Wildman–Crippen LogP) is 4.16. The van der Waals surface area contributed by atoms with Crippen molar-refractivity contribution in [1.29, 1.82) is 0 Å². The van der Waals surface area contributed by atoms with Gasteiger partial charge in [0.2, 0.25) is 0 Å². The number of carbonyl (C=O) groups excluding carboxylic acids is 3. The first-order valence-electron chi connectivity index (χ1n) is 8.42. The smallest absolute Gasteiger partial charge is 0.333 e. The van der Waals surface area contributed by atoms with Gasteiger partial charge in [0.25, 0.3) is 0 Å². The van der Waals surface area contributed by atoms with Gasteiger partial charge in [0.15, 0.2) is 0 Å². The lowest BCUT2D eigenvalue weighted by atomic mass is 10.3. The van der Waals surface area contributed by atoms with Gasteiger partial charge < -0.3 is 14.2 Å². The van der Waals surface area contributed by atoms with Crippen LogP contribution in [0.4, 0.5) is 0 Å². The molecule has 26 heavy (non-hydrogen) atoms. The highest BCUT2D eigenvalue weighted by molar-refractivity contribution is 5.87. The van der Waals surface area contributed by atoms with Crippen LogP contribution in [0.25, 0.3) is 0 Å². The Morgan fingerprint density at radius 1 is 0.769 bits per heavy atom. The van der Waals surface area contributed by atoms with E-state index in [-0.39, 0.29) is 24.0 Å². The monoisotopic (exact) mass is 370 g/mol. The molecule has 6 nitrogen and oxygen atoms in total. The van der Waals surface area contributed by atoms with Crippen molar-refractivity contribution in [3.63, 3.8) is 0 Å². The lowest BCUT2D eigenvalue weighted by Gasteiger charge is -2.05. The Labute approximate surface area is 157 Å². The molecule has 0 rings (SSSR count). The number of carbonyl (C=O) groups is 3. The second-order valence-corrected chi connectivity index (χ2v) is 5.65. The average molecular weight is 370 g/mol. The van der Waals surface area contributed by atoms with Gasteiger partial charge in [-0.3, -0.25) is 0 Å². The van der Waals surface area contributed by atoms with Crippen molar-refractivity contribution < 1.29 is 28.6 Å². The lowest BCUT2D eigenvalue weighted by Crippen LogP contribution is -2.11. The summed E-state index contributed by atoms with van der Waals surface area (Å²) in [5.41, 5.74) is 1.36. The Balaban J connectivity index is -0.000000306. The van der Waals surface area contributed by atoms with Crippen LogP contribution in [0.1, 0.15) is 54.9 Å². The Kier molecular flexibility index (Phi) is 19.1. The third-order valence-electron chi connectivity index (χ3n) is 2.10. The zero-order valence-corrected chi connectivity index (χ0v) is 17.3. The molecule has 0 aromatic carbocycles. The first kappa shape index (κ1) is 28.4. The van der Waals surface area contributed by atoms with Gasteiger partial charge in [-0.2, -0.15) is 0 Å². The molecule has 0 heterocycles. The van der Waals surface area contributed by atoms with Gasteiger partial charge in [-0.15, -0.1) is 0 Å². The number of hydrogen-bond donors (Lipinski definition) is 0. The number of hydrogen-bond acceptors (Lipinski definition) is 6. The fraction of sp³-hybridized carbons (Fsp3) is 0.550. The van der Waals surface area contributed by atoms with Gasteiger partial charge in [0, 0.05) is 16.7 Å². The molecule has 0 saturated heterocycles. The standard InChI is InChI=1S/2C7H12O2.C6H10O2/c1-5(2)7(8)9-6(3)4;1-4-5-9-7(8)6(2)3;1-4-8-6(7)5(2)3/h6H,1H2,2-4H3;2,4-5H2,1,3H3;2,4H2,1,3H3. The first-order valence-corrected chi connectivity index (χ1v) is 8.42. The third kappa shape index (κ3) is 21.6. The summed E-state index contributed by atoms with van der Waals surface area (Å²) in [6.45, 7) is 23.4. The zero-order valence-electron chi connectivity index (χ0n) is 17.3. The molecule has 0 atom stereocenters. The Bertz CT molecular complexity index is 489. The molecule has 0 aliphatic rings. The second-order valence-electron chi connectivity index (χ2n) is 5.65. The summed E-state index contributed by atoms with van der Waals surface area (Å²) >= 11 is 0. The zero-order chi connectivity index (χ0) is 21.3. The van der Waals surface area contributed by atoms with Gasteiger partial charge in [0.1, 0.15) is 0 Å². The van der Waals surface area contributed by atoms with Crippen molar-refractivity contribution in [3.8, 4) is 0 Å². The molecule has 0 radical (unpaired) electrons. The Morgan fingerprint density at radius 2 is 1.15 bits per heavy atom. The van der Waals surface area contributed by atoms with Crippen LogP contribution < -0.4 is 0 Å². The fourth-order valence-electron chi connectivity index (χ4n) is 0.887. The van der Waals surface area contributed by atoms with E-state index in [1.54, 1.807) is 41.5 Å². The molecule has 0 aromatic heterocycles. The SMILES string of the molecule is C=C(C)C(=O)OC(C)C.C=C(C)C(=O)OCC.C=C(C)C(=O)OCCC. The largest absolute Gasteiger partial charge is 0.463 e. The van der Waals surface area contributed by atoms with Crippen molar-refractivity contribution in [2.75, 3.05) is 13.2 Å². The van der Waals surface area contributed by atoms with Gasteiger partial charge in [-0.1, -0.05) is 26.7 Å². The molecule has 0 aromatic rings. The molecule has 0 unspecified atom stereocenters. The molecule has 0 spiro atoms. The summed E-state index contributed by atoms with van der Waals surface area (Å²) in [7, 11) is 0. The first-order chi connectivity index (χ1) is 11.9. The van der Waals surface area contributed by atoms with E-state index >= 15 is 0 Å². The van der Waals surface area contributed by atoms with E-state index in [9.17, 15) is 14.4 Å². The highest BCUT2D eigenvalue weighted by atomic mass is 16.5. The normalized spacial score (nSPS) is 8.77. The highest BCUT2D eigenvalue weighted by Gasteiger charge is 2.03. The van der Waals surface area contributed by atoms with Crippen LogP contribution in [0.5, 0.6) is 0 Å². The minimum absolute atomic E-state index is 0.0470. The van der Waals surface area contributed by atoms with Crippen molar-refractivity contribution in [2.45, 2.75) is 61.0 Å². The van der Waals surface area contributed by atoms with Gasteiger partial charge in [-0.05, 0) is 48.0 Å². The van der Waals surface area contributed by atoms with E-state index < -0.39 is 0 Å². The lowest BCUT2D eigenvalue weighted by molar-refractivity contribution is -0.142. The molecule has 0 amide bonds. The Morgan fingerprint density at radius 3 is 1.35 bits per heavy atom. The Hall–Kier alpha value is -2.37. The van der Waals surface area contributed by atoms with E-state index in [4.69, 9.17) is 9.47 Å². The number of rotatable bonds is 7. The highest BCUT2D eigenvalue weighted by Crippen LogP contribution is 1.96. The maximum atomic E-state index is 10.6. The van der Waals surface area contributed by atoms with E-state index in [0.29, 0.717) is 29.9 Å². The molecule has 6 heteroatoms. The summed E-state index contributed by atoms with van der Waals surface area (Å²) in [5, 5.41) is 0. The van der Waals surface area contributed by atoms with Crippen LogP contribution in [0.3, 0.4) is 0 Å². The topological polar surface area (TPSA) is 78.9 Å². The van der Waals surface area contributed by atoms with Crippen LogP contribution in [0.2, 0.25) is 0 Å². The maximum absolute atomic E-state index is 10.6. The molecule has 0 aliphatic carbocycles. The van der Waals surface area contributed by atoms with E-state index in [1.807, 2.05) is 6.92 Å². The van der Waals surface area contributed by atoms with Gasteiger partial charge >= 0.3 is 17.9 Å². The van der Waals surface area contributed by atoms with Crippen LogP contribution in [0.15, 0.2) is 36.5 Å². The minimum Gasteiger partial charge on any atom is -0.463 e. The number of ether oxygens (including phenoxy) is 3. The molecular formula is C20H34O6. The summed E-state index contributed by atoms with van der Waals surface area (Å²) in [4.78, 5) is 31.6. The van der Waals surface area contributed by atoms with Crippen LogP contribution >= 0.6 is 0 Å². The third-order valence-corrected chi connectivity index (χ3v) is 2.10. The summed E-state index contributed by atoms with van der Waals surface area (Å²) in [6.07, 6.45) is 0.813. The van der Waals surface area contributed by atoms with E-state index in [1.165, 1.54) is 0 Å². The van der Waals surface area contributed by atoms with Crippen molar-refractivity contribution in [3.05, 3.63) is 36.5 Å². The van der Waals surface area contributed by atoms with Crippen LogP contribution in [-0.2, 0) is 28.6 Å². The quantitative estimate of drug-likeness (QED) is 0.380. The molecule has 0 saturated carbocycles. The summed E-state index contributed by atoms with van der Waals surface area (Å²) < 4.78 is 14.1. The fourth-order valence-corrected chi connectivity index (χ4v) is 0.887. The molecule has 0 N–H and O–H groups in total. The summed E-state index contributed by atoms with van der Waals surface area (Å²) in [6, 6.07) is 0. The molecule has 150 valence electrons. The molecule has 0 fully saturated rings. The average Bonchev–Trinajstić information content (AvgIpc) is 2.53. The second kappa shape index (κ2) is 17.5. The van der Waals surface area contributed by atoms with Gasteiger partial charge in [-0.25, -0.2) is 14.4 Å². The van der Waals surface area contributed by atoms with Crippen molar-refractivity contribution in [1.82, 2.24) is 0 Å². The number of esters is 3. The van der Waals surface area contributed by atoms with E-state index in [2.05, 4.69) is 24.5 Å². The minimum atomic E-state index is -0.315. The van der Waals surface area contributed by atoms with Crippen molar-refractivity contribution >= 4 is 17.9 Å². The van der Waals surface area contributed by atoms with Crippen LogP contribution in [0, 0.1) is 0 Å².